The molecule has 1 unspecified atom stereocenters. The number of amides is 1. The van der Waals surface area contributed by atoms with Crippen molar-refractivity contribution in [2.24, 2.45) is 11.8 Å². The summed E-state index contributed by atoms with van der Waals surface area (Å²) in [6.07, 6.45) is -0.183. The number of ether oxygens (including phenoxy) is 2. The van der Waals surface area contributed by atoms with E-state index in [1.807, 2.05) is 6.07 Å². The molecule has 6 nitrogen and oxygen atoms in total. The summed E-state index contributed by atoms with van der Waals surface area (Å²) in [5, 5.41) is 13.2. The number of anilines is 1. The van der Waals surface area contributed by atoms with Gasteiger partial charge >= 0.3 is 6.36 Å². The average molecular weight is 558 g/mol. The maximum atomic E-state index is 13.3. The van der Waals surface area contributed by atoms with Crippen molar-refractivity contribution in [1.29, 1.82) is 0 Å². The maximum Gasteiger partial charge on any atom is 0.573 e. The van der Waals surface area contributed by atoms with Crippen LogP contribution in [-0.2, 0) is 21.4 Å². The fraction of sp³-hybridized carbons (Fsp3) is 0.516. The molecule has 1 saturated heterocycles. The molecule has 2 bridgehead atoms. The molecule has 0 radical (unpaired) electrons. The van der Waals surface area contributed by atoms with E-state index < -0.39 is 23.8 Å². The van der Waals surface area contributed by atoms with Gasteiger partial charge in [0.25, 0.3) is 5.91 Å². The molecule has 2 aromatic rings. The molecule has 1 saturated carbocycles. The number of likely N-dealkylation sites (N-methyl/N-ethyl adjacent to an activating group) is 1. The third-order valence-corrected chi connectivity index (χ3v) is 9.63. The number of carbonyl (C=O) groups excluding carboxylic acids is 1. The summed E-state index contributed by atoms with van der Waals surface area (Å²) in [6.45, 7) is 6.73. The van der Waals surface area contributed by atoms with Crippen LogP contribution in [0.25, 0.3) is 5.76 Å². The molecule has 2 aromatic carbocycles. The van der Waals surface area contributed by atoms with Crippen LogP contribution in [0.15, 0.2) is 48.2 Å². The van der Waals surface area contributed by atoms with Crippen molar-refractivity contribution in [1.82, 2.24) is 0 Å². The third-order valence-electron chi connectivity index (χ3n) is 9.63. The number of hydrogen-bond donors (Lipinski definition) is 2. The minimum absolute atomic E-state index is 0.0205. The minimum atomic E-state index is -5.17. The molecule has 6 rings (SSSR count). The first-order valence-electron chi connectivity index (χ1n) is 14.2. The van der Waals surface area contributed by atoms with Gasteiger partial charge in [-0.1, -0.05) is 50.2 Å². The van der Waals surface area contributed by atoms with Gasteiger partial charge < -0.3 is 24.4 Å². The van der Waals surface area contributed by atoms with Crippen LogP contribution in [0.4, 0.5) is 18.9 Å². The van der Waals surface area contributed by atoms with Gasteiger partial charge in [0.1, 0.15) is 11.9 Å². The molecule has 2 heterocycles. The Bertz CT molecular complexity index is 1360. The summed E-state index contributed by atoms with van der Waals surface area (Å²) in [7, 11) is 2.39. The molecule has 40 heavy (non-hydrogen) atoms. The van der Waals surface area contributed by atoms with Crippen LogP contribution in [0, 0.1) is 11.8 Å². The number of hydrogen-bond acceptors (Lipinski definition) is 4. The van der Waals surface area contributed by atoms with E-state index in [-0.39, 0.29) is 17.1 Å². The Balaban J connectivity index is 1.39. The SMILES string of the molecule is CC(C)C[N+]1(C)CC[C@]23c4c5ccc(NC(=O)C(OC(F)(F)F)=C(O)c6ccccc6)c4O[C@H]2CCC[C@H]3[C@H]1C5. The lowest BCUT2D eigenvalue weighted by atomic mass is 9.51. The number of carbonyl (C=O) groups is 1. The number of quaternary nitrogens is 1. The van der Waals surface area contributed by atoms with Gasteiger partial charge in [0.05, 0.1) is 37.3 Å². The van der Waals surface area contributed by atoms with Gasteiger partial charge in [-0.15, -0.1) is 13.2 Å². The molecule has 1 amide bonds. The first-order chi connectivity index (χ1) is 18.9. The highest BCUT2D eigenvalue weighted by atomic mass is 19.4. The van der Waals surface area contributed by atoms with Crippen LogP contribution in [0.2, 0.25) is 0 Å². The predicted octanol–water partition coefficient (Wildman–Crippen LogP) is 6.32. The molecule has 2 aliphatic heterocycles. The highest BCUT2D eigenvalue weighted by molar-refractivity contribution is 6.07. The lowest BCUT2D eigenvalue weighted by Gasteiger charge is -2.61. The quantitative estimate of drug-likeness (QED) is 0.248. The normalized spacial score (nSPS) is 30.7. The number of piperidine rings is 1. The Morgan fingerprint density at radius 1 is 1.20 bits per heavy atom. The van der Waals surface area contributed by atoms with Gasteiger partial charge in [0.2, 0.25) is 5.76 Å². The number of likely N-dealkylation sites (tertiary alicyclic amines) is 1. The first-order valence-corrected chi connectivity index (χ1v) is 14.2. The largest absolute Gasteiger partial charge is 0.573 e. The van der Waals surface area contributed by atoms with Gasteiger partial charge in [-0.25, -0.2) is 0 Å². The number of halogens is 3. The number of aliphatic hydroxyl groups is 1. The molecule has 1 spiro atoms. The van der Waals surface area contributed by atoms with Crippen molar-refractivity contribution < 1.29 is 37.0 Å². The van der Waals surface area contributed by atoms with E-state index in [9.17, 15) is 23.1 Å². The summed E-state index contributed by atoms with van der Waals surface area (Å²) in [4.78, 5) is 13.3. The highest BCUT2D eigenvalue weighted by Crippen LogP contribution is 2.64. The van der Waals surface area contributed by atoms with Crippen molar-refractivity contribution in [3.05, 3.63) is 64.9 Å². The Morgan fingerprint density at radius 3 is 2.65 bits per heavy atom. The Labute approximate surface area is 232 Å². The number of aliphatic hydroxyl groups excluding tert-OH is 1. The van der Waals surface area contributed by atoms with E-state index >= 15 is 0 Å². The van der Waals surface area contributed by atoms with Crippen LogP contribution < -0.4 is 10.1 Å². The van der Waals surface area contributed by atoms with Crippen LogP contribution in [-0.4, -0.2) is 54.1 Å². The summed E-state index contributed by atoms with van der Waals surface area (Å²) in [5.41, 5.74) is 2.53. The molecule has 9 heteroatoms. The molecule has 2 aliphatic carbocycles. The number of nitrogens with one attached hydrogen (secondary N) is 1. The molecule has 2 fully saturated rings. The summed E-state index contributed by atoms with van der Waals surface area (Å²) in [6, 6.07) is 11.7. The van der Waals surface area contributed by atoms with Crippen LogP contribution in [0.5, 0.6) is 5.75 Å². The van der Waals surface area contributed by atoms with Gasteiger partial charge in [-0.3, -0.25) is 4.79 Å². The summed E-state index contributed by atoms with van der Waals surface area (Å²) in [5.74, 6) is -1.70. The van der Waals surface area contributed by atoms with Gasteiger partial charge in [-0.2, -0.15) is 0 Å². The van der Waals surface area contributed by atoms with Crippen molar-refractivity contribution in [3.63, 3.8) is 0 Å². The second-order valence-electron chi connectivity index (χ2n) is 12.5. The Morgan fingerprint density at radius 2 is 1.95 bits per heavy atom. The second-order valence-corrected chi connectivity index (χ2v) is 12.5. The van der Waals surface area contributed by atoms with Gasteiger partial charge in [0.15, 0.2) is 5.76 Å². The maximum absolute atomic E-state index is 13.3. The molecule has 2 N–H and O–H groups in total. The van der Waals surface area contributed by atoms with E-state index in [4.69, 9.17) is 4.74 Å². The minimum Gasteiger partial charge on any atom is -0.504 e. The van der Waals surface area contributed by atoms with Crippen molar-refractivity contribution in [2.45, 2.75) is 69.9 Å². The zero-order valence-electron chi connectivity index (χ0n) is 23.1. The number of rotatable bonds is 6. The van der Waals surface area contributed by atoms with Crippen LogP contribution in [0.3, 0.4) is 0 Å². The van der Waals surface area contributed by atoms with Crippen molar-refractivity contribution in [3.8, 4) is 5.75 Å². The van der Waals surface area contributed by atoms with Gasteiger partial charge in [0, 0.05) is 35.8 Å². The molecule has 214 valence electrons. The second kappa shape index (κ2) is 9.43. The smallest absolute Gasteiger partial charge is 0.504 e. The molecular formula is C31H36F3N2O4+. The lowest BCUT2D eigenvalue weighted by molar-refractivity contribution is -0.947. The van der Waals surface area contributed by atoms with Gasteiger partial charge in [-0.05, 0) is 30.9 Å². The first kappa shape index (κ1) is 27.0. The number of nitrogens with zero attached hydrogens (tertiary/aromatic N) is 1. The standard InChI is InChI=1S/C31H35F3N2O4/c1-18(2)17-36(3)15-14-30-21-10-7-11-24(30)39-27-22(13-12-20(25(27)30)16-23(21)36)35-29(38)28(40-31(32,33)34)26(37)19-8-5-4-6-9-19/h4-6,8-9,12-13,18,21,23-24H,7,10-11,14-17H2,1-3H3,(H-,35,37,38)/p+1/t21-,23+,24-,30+,36?/m0/s1. The molecule has 4 aliphatic rings. The molecule has 5 atom stereocenters. The molecule has 0 aromatic heterocycles. The highest BCUT2D eigenvalue weighted by Gasteiger charge is 2.67. The predicted molar refractivity (Wildman–Crippen MR) is 145 cm³/mol. The van der Waals surface area contributed by atoms with E-state index in [1.165, 1.54) is 17.7 Å². The fourth-order valence-electron chi connectivity index (χ4n) is 8.38. The Kier molecular flexibility index (Phi) is 6.36. The van der Waals surface area contributed by atoms with Crippen LogP contribution >= 0.6 is 0 Å². The summed E-state index contributed by atoms with van der Waals surface area (Å²) < 4.78 is 51.7. The Hall–Kier alpha value is -3.20. The number of alkyl halides is 3. The van der Waals surface area contributed by atoms with Crippen molar-refractivity contribution >= 4 is 17.4 Å². The zero-order valence-corrected chi connectivity index (χ0v) is 23.1. The van der Waals surface area contributed by atoms with E-state index in [2.05, 4.69) is 30.9 Å². The lowest BCUT2D eigenvalue weighted by Crippen LogP contribution is -2.71. The number of benzene rings is 2. The fourth-order valence-corrected chi connectivity index (χ4v) is 8.38. The topological polar surface area (TPSA) is 67.8 Å². The zero-order chi connectivity index (χ0) is 28.4. The van der Waals surface area contributed by atoms with Crippen LogP contribution in [0.1, 0.15) is 56.2 Å². The summed E-state index contributed by atoms with van der Waals surface area (Å²) >= 11 is 0. The van der Waals surface area contributed by atoms with E-state index in [0.717, 1.165) is 55.2 Å². The van der Waals surface area contributed by atoms with E-state index in [1.54, 1.807) is 24.3 Å². The average Bonchev–Trinajstić information content (AvgIpc) is 3.24. The molecular weight excluding hydrogens is 521 g/mol. The third kappa shape index (κ3) is 4.24. The van der Waals surface area contributed by atoms with E-state index in [0.29, 0.717) is 29.3 Å². The monoisotopic (exact) mass is 557 g/mol. The van der Waals surface area contributed by atoms with Crippen molar-refractivity contribution in [2.75, 3.05) is 25.5 Å².